The molecule has 0 N–H and O–H groups in total. The third kappa shape index (κ3) is 2.31. The summed E-state index contributed by atoms with van der Waals surface area (Å²) in [6.07, 6.45) is 5.41. The van der Waals surface area contributed by atoms with Crippen LogP contribution in [0.25, 0.3) is 0 Å². The zero-order valence-electron chi connectivity index (χ0n) is 6.39. The summed E-state index contributed by atoms with van der Waals surface area (Å²) in [5.41, 5.74) is 0. The Kier molecular flexibility index (Phi) is 3.23. The molecule has 0 aromatic carbocycles. The van der Waals surface area contributed by atoms with Crippen LogP contribution in [0.4, 0.5) is 0 Å². The van der Waals surface area contributed by atoms with Crippen LogP contribution in [0, 0.1) is 0 Å². The van der Waals surface area contributed by atoms with Gasteiger partial charge < -0.3 is 0 Å². The molecular weight excluding hydrogens is 146 g/mol. The standard InChI is InChI=1S/C8H14ClN/c1-2-3-5-10-6-4-8(9)7-10/h2-3,8H,4-7H2,1H3/b3-2+. The fourth-order valence-electron chi connectivity index (χ4n) is 1.21. The topological polar surface area (TPSA) is 3.24 Å². The molecule has 1 heterocycles. The average molecular weight is 160 g/mol. The van der Waals surface area contributed by atoms with E-state index in [0.717, 1.165) is 19.5 Å². The van der Waals surface area contributed by atoms with Gasteiger partial charge in [-0.25, -0.2) is 0 Å². The van der Waals surface area contributed by atoms with E-state index in [4.69, 9.17) is 11.6 Å². The summed E-state index contributed by atoms with van der Waals surface area (Å²) in [5.74, 6) is 0. The Morgan fingerprint density at radius 1 is 1.70 bits per heavy atom. The Bertz CT molecular complexity index is 122. The summed E-state index contributed by atoms with van der Waals surface area (Å²) in [6, 6.07) is 0. The number of rotatable bonds is 2. The molecule has 0 spiro atoms. The van der Waals surface area contributed by atoms with E-state index in [1.807, 2.05) is 6.92 Å². The number of nitrogens with zero attached hydrogens (tertiary/aromatic N) is 1. The number of hydrogen-bond donors (Lipinski definition) is 0. The van der Waals surface area contributed by atoms with Crippen LogP contribution in [0.3, 0.4) is 0 Å². The summed E-state index contributed by atoms with van der Waals surface area (Å²) in [6.45, 7) is 5.35. The SMILES string of the molecule is C/C=C/CN1CCC(Cl)C1. The van der Waals surface area contributed by atoms with Gasteiger partial charge in [-0.15, -0.1) is 11.6 Å². The maximum atomic E-state index is 5.92. The van der Waals surface area contributed by atoms with Gasteiger partial charge in [0.2, 0.25) is 0 Å². The number of likely N-dealkylation sites (tertiary alicyclic amines) is 1. The van der Waals surface area contributed by atoms with Crippen LogP contribution < -0.4 is 0 Å². The minimum atomic E-state index is 0.394. The van der Waals surface area contributed by atoms with Crippen LogP contribution in [0.2, 0.25) is 0 Å². The van der Waals surface area contributed by atoms with E-state index in [1.54, 1.807) is 0 Å². The summed E-state index contributed by atoms with van der Waals surface area (Å²) in [7, 11) is 0. The van der Waals surface area contributed by atoms with Gasteiger partial charge in [0.15, 0.2) is 0 Å². The quantitative estimate of drug-likeness (QED) is 0.439. The van der Waals surface area contributed by atoms with Gasteiger partial charge in [-0.1, -0.05) is 12.2 Å². The number of alkyl halides is 1. The first-order valence-electron chi connectivity index (χ1n) is 3.80. The Morgan fingerprint density at radius 2 is 2.50 bits per heavy atom. The molecule has 1 unspecified atom stereocenters. The van der Waals surface area contributed by atoms with Crippen molar-refractivity contribution in [1.29, 1.82) is 0 Å². The second kappa shape index (κ2) is 3.99. The van der Waals surface area contributed by atoms with Gasteiger partial charge in [-0.3, -0.25) is 4.90 Å². The highest BCUT2D eigenvalue weighted by molar-refractivity contribution is 6.20. The van der Waals surface area contributed by atoms with E-state index in [0.29, 0.717) is 5.38 Å². The summed E-state index contributed by atoms with van der Waals surface area (Å²) >= 11 is 5.92. The summed E-state index contributed by atoms with van der Waals surface area (Å²) in [5, 5.41) is 0.394. The number of halogens is 1. The summed E-state index contributed by atoms with van der Waals surface area (Å²) < 4.78 is 0. The molecule has 1 saturated heterocycles. The molecule has 0 aromatic heterocycles. The largest absolute Gasteiger partial charge is 0.298 e. The number of hydrogen-bond acceptors (Lipinski definition) is 1. The zero-order chi connectivity index (χ0) is 7.40. The van der Waals surface area contributed by atoms with Crippen molar-refractivity contribution in [2.75, 3.05) is 19.6 Å². The number of allylic oxidation sites excluding steroid dienone is 1. The predicted molar refractivity (Wildman–Crippen MR) is 45.5 cm³/mol. The molecule has 1 aliphatic rings. The molecule has 0 radical (unpaired) electrons. The van der Waals surface area contributed by atoms with Crippen molar-refractivity contribution >= 4 is 11.6 Å². The molecule has 58 valence electrons. The van der Waals surface area contributed by atoms with Gasteiger partial charge in [-0.2, -0.15) is 0 Å². The average Bonchev–Trinajstić information content (AvgIpc) is 2.31. The van der Waals surface area contributed by atoms with Crippen LogP contribution in [0.5, 0.6) is 0 Å². The van der Waals surface area contributed by atoms with E-state index in [9.17, 15) is 0 Å². The van der Waals surface area contributed by atoms with E-state index >= 15 is 0 Å². The van der Waals surface area contributed by atoms with E-state index < -0.39 is 0 Å². The maximum absolute atomic E-state index is 5.92. The normalized spacial score (nSPS) is 28.4. The van der Waals surface area contributed by atoms with Crippen molar-refractivity contribution in [2.45, 2.75) is 18.7 Å². The third-order valence-corrected chi connectivity index (χ3v) is 2.17. The lowest BCUT2D eigenvalue weighted by Crippen LogP contribution is -2.20. The molecule has 1 fully saturated rings. The molecular formula is C8H14ClN. The monoisotopic (exact) mass is 159 g/mol. The van der Waals surface area contributed by atoms with Gasteiger partial charge in [-0.05, 0) is 19.9 Å². The highest BCUT2D eigenvalue weighted by Crippen LogP contribution is 2.13. The lowest BCUT2D eigenvalue weighted by Gasteiger charge is -2.10. The first-order chi connectivity index (χ1) is 4.83. The van der Waals surface area contributed by atoms with Gasteiger partial charge >= 0.3 is 0 Å². The Balaban J connectivity index is 2.18. The predicted octanol–water partition coefficient (Wildman–Crippen LogP) is 1.88. The Morgan fingerprint density at radius 3 is 3.00 bits per heavy atom. The Labute approximate surface area is 67.7 Å². The van der Waals surface area contributed by atoms with Crippen LogP contribution in [0.15, 0.2) is 12.2 Å². The second-order valence-corrected chi connectivity index (χ2v) is 3.33. The minimum Gasteiger partial charge on any atom is -0.298 e. The van der Waals surface area contributed by atoms with Crippen molar-refractivity contribution in [2.24, 2.45) is 0 Å². The van der Waals surface area contributed by atoms with Crippen LogP contribution in [-0.4, -0.2) is 29.9 Å². The lowest BCUT2D eigenvalue weighted by atomic mass is 10.4. The molecule has 10 heavy (non-hydrogen) atoms. The fraction of sp³-hybridized carbons (Fsp3) is 0.750. The van der Waals surface area contributed by atoms with Crippen molar-refractivity contribution in [1.82, 2.24) is 4.90 Å². The van der Waals surface area contributed by atoms with E-state index in [2.05, 4.69) is 17.1 Å². The molecule has 0 aliphatic carbocycles. The highest BCUT2D eigenvalue weighted by atomic mass is 35.5. The molecule has 0 saturated carbocycles. The second-order valence-electron chi connectivity index (χ2n) is 2.71. The van der Waals surface area contributed by atoms with E-state index in [-0.39, 0.29) is 0 Å². The first-order valence-corrected chi connectivity index (χ1v) is 4.24. The molecule has 1 atom stereocenters. The zero-order valence-corrected chi connectivity index (χ0v) is 7.14. The molecule has 1 nitrogen and oxygen atoms in total. The van der Waals surface area contributed by atoms with Gasteiger partial charge in [0, 0.05) is 18.5 Å². The van der Waals surface area contributed by atoms with Crippen LogP contribution in [-0.2, 0) is 0 Å². The molecule has 1 aliphatic heterocycles. The van der Waals surface area contributed by atoms with Crippen molar-refractivity contribution in [3.8, 4) is 0 Å². The van der Waals surface area contributed by atoms with Crippen molar-refractivity contribution in [3.05, 3.63) is 12.2 Å². The van der Waals surface area contributed by atoms with Crippen molar-refractivity contribution < 1.29 is 0 Å². The Hall–Kier alpha value is -0.0100. The molecule has 0 amide bonds. The molecule has 0 aromatic rings. The third-order valence-electron chi connectivity index (χ3n) is 1.81. The fourth-order valence-corrected chi connectivity index (χ4v) is 1.50. The van der Waals surface area contributed by atoms with Crippen molar-refractivity contribution in [3.63, 3.8) is 0 Å². The molecule has 2 heteroatoms. The van der Waals surface area contributed by atoms with Gasteiger partial charge in [0.05, 0.1) is 0 Å². The van der Waals surface area contributed by atoms with Crippen LogP contribution >= 0.6 is 11.6 Å². The maximum Gasteiger partial charge on any atom is 0.0475 e. The highest BCUT2D eigenvalue weighted by Gasteiger charge is 2.18. The minimum absolute atomic E-state index is 0.394. The van der Waals surface area contributed by atoms with Gasteiger partial charge in [0.25, 0.3) is 0 Å². The lowest BCUT2D eigenvalue weighted by molar-refractivity contribution is 0.378. The molecule has 0 bridgehead atoms. The first kappa shape index (κ1) is 8.09. The molecule has 1 rings (SSSR count). The smallest absolute Gasteiger partial charge is 0.0475 e. The van der Waals surface area contributed by atoms with E-state index in [1.165, 1.54) is 6.54 Å². The van der Waals surface area contributed by atoms with Crippen LogP contribution in [0.1, 0.15) is 13.3 Å². The summed E-state index contributed by atoms with van der Waals surface area (Å²) in [4.78, 5) is 2.37. The van der Waals surface area contributed by atoms with Gasteiger partial charge in [0.1, 0.15) is 0 Å².